The van der Waals surface area contributed by atoms with Crippen molar-refractivity contribution in [1.82, 2.24) is 4.90 Å². The summed E-state index contributed by atoms with van der Waals surface area (Å²) in [6, 6.07) is 0. The van der Waals surface area contributed by atoms with E-state index in [1.807, 2.05) is 4.90 Å². The van der Waals surface area contributed by atoms with Crippen LogP contribution in [0.4, 0.5) is 0 Å². The molecule has 80 valence electrons. The van der Waals surface area contributed by atoms with Crippen LogP contribution in [0.25, 0.3) is 0 Å². The van der Waals surface area contributed by atoms with Gasteiger partial charge in [-0.1, -0.05) is 6.42 Å². The lowest BCUT2D eigenvalue weighted by Gasteiger charge is -2.23. The fourth-order valence-corrected chi connectivity index (χ4v) is 2.82. The van der Waals surface area contributed by atoms with Gasteiger partial charge in [0, 0.05) is 19.0 Å². The quantitative estimate of drug-likeness (QED) is 0.715. The van der Waals surface area contributed by atoms with E-state index in [0.717, 1.165) is 25.9 Å². The van der Waals surface area contributed by atoms with Crippen LogP contribution in [0.2, 0.25) is 0 Å². The molecular formula is C11H20N2O. The minimum atomic E-state index is 0.248. The molecule has 2 rings (SSSR count). The van der Waals surface area contributed by atoms with Crippen LogP contribution >= 0.6 is 0 Å². The van der Waals surface area contributed by atoms with Gasteiger partial charge in [-0.3, -0.25) is 4.79 Å². The Kier molecular flexibility index (Phi) is 3.06. The van der Waals surface area contributed by atoms with Crippen molar-refractivity contribution in [3.05, 3.63) is 0 Å². The first-order chi connectivity index (χ1) is 6.83. The monoisotopic (exact) mass is 196 g/mol. The van der Waals surface area contributed by atoms with Crippen LogP contribution in [0.15, 0.2) is 0 Å². The highest BCUT2D eigenvalue weighted by molar-refractivity contribution is 5.79. The van der Waals surface area contributed by atoms with Gasteiger partial charge in [0.05, 0.1) is 0 Å². The predicted molar refractivity (Wildman–Crippen MR) is 55.7 cm³/mol. The van der Waals surface area contributed by atoms with Crippen molar-refractivity contribution in [3.8, 4) is 0 Å². The maximum atomic E-state index is 12.1. The number of amides is 1. The summed E-state index contributed by atoms with van der Waals surface area (Å²) >= 11 is 0. The van der Waals surface area contributed by atoms with E-state index in [1.54, 1.807) is 0 Å². The Morgan fingerprint density at radius 1 is 1.21 bits per heavy atom. The lowest BCUT2D eigenvalue weighted by Crippen LogP contribution is -2.37. The van der Waals surface area contributed by atoms with Crippen molar-refractivity contribution in [2.75, 3.05) is 19.6 Å². The van der Waals surface area contributed by atoms with E-state index in [1.165, 1.54) is 19.3 Å². The van der Waals surface area contributed by atoms with E-state index in [4.69, 9.17) is 5.73 Å². The highest BCUT2D eigenvalue weighted by Gasteiger charge is 2.35. The Morgan fingerprint density at radius 2 is 1.93 bits per heavy atom. The zero-order chi connectivity index (χ0) is 9.97. The number of hydrogen-bond donors (Lipinski definition) is 1. The standard InChI is InChI=1S/C11H20N2O/c12-8-9-4-3-5-10(9)11(14)13-6-1-2-7-13/h9-10H,1-8,12H2/t9-,10-/m1/s1. The van der Waals surface area contributed by atoms with E-state index in [0.29, 0.717) is 18.4 Å². The third-order valence-electron chi connectivity index (χ3n) is 3.70. The van der Waals surface area contributed by atoms with Gasteiger partial charge in [0.25, 0.3) is 0 Å². The number of carbonyl (C=O) groups excluding carboxylic acids is 1. The number of nitrogens with zero attached hydrogens (tertiary/aromatic N) is 1. The fraction of sp³-hybridized carbons (Fsp3) is 0.909. The number of rotatable bonds is 2. The van der Waals surface area contributed by atoms with Crippen molar-refractivity contribution in [3.63, 3.8) is 0 Å². The van der Waals surface area contributed by atoms with E-state index in [9.17, 15) is 4.79 Å². The summed E-state index contributed by atoms with van der Waals surface area (Å²) in [5.74, 6) is 1.09. The number of hydrogen-bond acceptors (Lipinski definition) is 2. The summed E-state index contributed by atoms with van der Waals surface area (Å²) in [4.78, 5) is 14.1. The topological polar surface area (TPSA) is 46.3 Å². The van der Waals surface area contributed by atoms with Gasteiger partial charge in [0.15, 0.2) is 0 Å². The van der Waals surface area contributed by atoms with E-state index >= 15 is 0 Å². The summed E-state index contributed by atoms with van der Waals surface area (Å²) < 4.78 is 0. The van der Waals surface area contributed by atoms with Gasteiger partial charge in [-0.05, 0) is 38.1 Å². The molecule has 1 saturated carbocycles. The molecule has 3 nitrogen and oxygen atoms in total. The molecule has 1 amide bonds. The van der Waals surface area contributed by atoms with E-state index in [-0.39, 0.29) is 5.92 Å². The Bertz CT molecular complexity index is 211. The van der Waals surface area contributed by atoms with Crippen LogP contribution in [0.5, 0.6) is 0 Å². The molecule has 0 unspecified atom stereocenters. The van der Waals surface area contributed by atoms with Gasteiger partial charge in [0.2, 0.25) is 5.91 Å². The first kappa shape index (κ1) is 9.97. The lowest BCUT2D eigenvalue weighted by molar-refractivity contribution is -0.135. The Balaban J connectivity index is 1.95. The third kappa shape index (κ3) is 1.78. The molecule has 0 aromatic rings. The highest BCUT2D eigenvalue weighted by Crippen LogP contribution is 2.33. The summed E-state index contributed by atoms with van der Waals surface area (Å²) in [6.45, 7) is 2.64. The molecule has 1 aliphatic carbocycles. The summed E-state index contributed by atoms with van der Waals surface area (Å²) in [5, 5.41) is 0. The molecule has 2 fully saturated rings. The van der Waals surface area contributed by atoms with Crippen LogP contribution in [0.1, 0.15) is 32.1 Å². The Hall–Kier alpha value is -0.570. The SMILES string of the molecule is NC[C@H]1CCC[C@H]1C(=O)N1CCCC1. The minimum Gasteiger partial charge on any atom is -0.342 e. The third-order valence-corrected chi connectivity index (χ3v) is 3.70. The lowest BCUT2D eigenvalue weighted by atomic mass is 9.95. The molecule has 0 aromatic heterocycles. The predicted octanol–water partition coefficient (Wildman–Crippen LogP) is 0.984. The first-order valence-corrected chi connectivity index (χ1v) is 5.82. The van der Waals surface area contributed by atoms with Gasteiger partial charge in [-0.2, -0.15) is 0 Å². The molecule has 1 aliphatic heterocycles. The minimum absolute atomic E-state index is 0.248. The van der Waals surface area contributed by atoms with E-state index < -0.39 is 0 Å². The van der Waals surface area contributed by atoms with Crippen LogP contribution in [-0.4, -0.2) is 30.4 Å². The van der Waals surface area contributed by atoms with Crippen LogP contribution < -0.4 is 5.73 Å². The number of nitrogens with two attached hydrogens (primary N) is 1. The van der Waals surface area contributed by atoms with Crippen molar-refractivity contribution < 1.29 is 4.79 Å². The molecule has 2 aliphatic rings. The average molecular weight is 196 g/mol. The Morgan fingerprint density at radius 3 is 2.57 bits per heavy atom. The van der Waals surface area contributed by atoms with Gasteiger partial charge in [0.1, 0.15) is 0 Å². The maximum absolute atomic E-state index is 12.1. The largest absolute Gasteiger partial charge is 0.342 e. The zero-order valence-corrected chi connectivity index (χ0v) is 8.74. The number of likely N-dealkylation sites (tertiary alicyclic amines) is 1. The molecular weight excluding hydrogens is 176 g/mol. The number of carbonyl (C=O) groups is 1. The highest BCUT2D eigenvalue weighted by atomic mass is 16.2. The van der Waals surface area contributed by atoms with Crippen molar-refractivity contribution in [2.24, 2.45) is 17.6 Å². The molecule has 3 heteroatoms. The van der Waals surface area contributed by atoms with Crippen molar-refractivity contribution in [2.45, 2.75) is 32.1 Å². The van der Waals surface area contributed by atoms with Crippen molar-refractivity contribution >= 4 is 5.91 Å². The molecule has 0 spiro atoms. The van der Waals surface area contributed by atoms with Crippen LogP contribution in [0, 0.1) is 11.8 Å². The van der Waals surface area contributed by atoms with Gasteiger partial charge >= 0.3 is 0 Å². The van der Waals surface area contributed by atoms with Gasteiger partial charge in [-0.25, -0.2) is 0 Å². The normalized spacial score (nSPS) is 32.5. The Labute approximate surface area is 85.6 Å². The molecule has 0 radical (unpaired) electrons. The van der Waals surface area contributed by atoms with Crippen LogP contribution in [0.3, 0.4) is 0 Å². The molecule has 1 saturated heterocycles. The molecule has 0 aromatic carbocycles. The summed E-state index contributed by atoms with van der Waals surface area (Å²) in [7, 11) is 0. The van der Waals surface area contributed by atoms with Gasteiger partial charge < -0.3 is 10.6 Å². The second-order valence-electron chi connectivity index (χ2n) is 4.57. The van der Waals surface area contributed by atoms with Gasteiger partial charge in [-0.15, -0.1) is 0 Å². The second kappa shape index (κ2) is 4.30. The summed E-state index contributed by atoms with van der Waals surface area (Å²) in [6.07, 6.45) is 5.78. The first-order valence-electron chi connectivity index (χ1n) is 5.82. The molecule has 14 heavy (non-hydrogen) atoms. The molecule has 2 atom stereocenters. The summed E-state index contributed by atoms with van der Waals surface area (Å²) in [5.41, 5.74) is 5.69. The average Bonchev–Trinajstić information content (AvgIpc) is 2.87. The van der Waals surface area contributed by atoms with Crippen molar-refractivity contribution in [1.29, 1.82) is 0 Å². The molecule has 0 bridgehead atoms. The molecule has 2 N–H and O–H groups in total. The fourth-order valence-electron chi connectivity index (χ4n) is 2.82. The maximum Gasteiger partial charge on any atom is 0.226 e. The zero-order valence-electron chi connectivity index (χ0n) is 8.74. The molecule has 1 heterocycles. The van der Waals surface area contributed by atoms with E-state index in [2.05, 4.69) is 0 Å². The van der Waals surface area contributed by atoms with Crippen LogP contribution in [-0.2, 0) is 4.79 Å². The smallest absolute Gasteiger partial charge is 0.226 e. The second-order valence-corrected chi connectivity index (χ2v) is 4.57.